The first kappa shape index (κ1) is 21.8. The quantitative estimate of drug-likeness (QED) is 0.223. The van der Waals surface area contributed by atoms with Gasteiger partial charge in [0.25, 0.3) is 11.2 Å². The van der Waals surface area contributed by atoms with E-state index in [2.05, 4.69) is 15.3 Å². The molecule has 3 rings (SSSR count). The molecule has 0 spiro atoms. The van der Waals surface area contributed by atoms with Crippen LogP contribution in [0.15, 0.2) is 64.5 Å². The Bertz CT molecular complexity index is 1140. The second-order valence-corrected chi connectivity index (χ2v) is 7.08. The number of para-hydroxylation sites is 1. The molecule has 160 valence electrons. The van der Waals surface area contributed by atoms with E-state index in [1.165, 1.54) is 31.4 Å². The van der Waals surface area contributed by atoms with Crippen LogP contribution in [-0.2, 0) is 11.4 Å². The normalized spacial score (nSPS) is 10.4. The van der Waals surface area contributed by atoms with Crippen LogP contribution in [0.3, 0.4) is 0 Å². The third-order valence-electron chi connectivity index (χ3n) is 3.92. The van der Waals surface area contributed by atoms with Gasteiger partial charge in [-0.3, -0.25) is 19.7 Å². The fourth-order valence-electron chi connectivity index (χ4n) is 2.52. The second-order valence-electron chi connectivity index (χ2n) is 6.12. The summed E-state index contributed by atoms with van der Waals surface area (Å²) in [6, 6.07) is 14.5. The molecule has 0 aliphatic carbocycles. The monoisotopic (exact) mass is 442 g/mol. The SMILES string of the molecule is COc1ccc(NC(=O)CSc2nc(COc3ccccc3)cc(=O)[nH]2)c([N+](=O)[O-])c1. The fraction of sp³-hybridized carbons (Fsp3) is 0.150. The highest BCUT2D eigenvalue weighted by Crippen LogP contribution is 2.29. The van der Waals surface area contributed by atoms with Gasteiger partial charge in [0.2, 0.25) is 5.91 Å². The van der Waals surface area contributed by atoms with Crippen molar-refractivity contribution in [3.8, 4) is 11.5 Å². The molecule has 1 amide bonds. The first-order valence-corrected chi connectivity index (χ1v) is 9.96. The smallest absolute Gasteiger partial charge is 0.296 e. The Morgan fingerprint density at radius 2 is 1.97 bits per heavy atom. The van der Waals surface area contributed by atoms with Gasteiger partial charge < -0.3 is 19.8 Å². The lowest BCUT2D eigenvalue weighted by Crippen LogP contribution is -2.17. The minimum absolute atomic E-state index is 0.0443. The number of nitro groups is 1. The van der Waals surface area contributed by atoms with Crippen LogP contribution in [0.1, 0.15) is 5.69 Å². The summed E-state index contributed by atoms with van der Waals surface area (Å²) in [4.78, 5) is 41.6. The minimum atomic E-state index is -0.611. The van der Waals surface area contributed by atoms with Gasteiger partial charge in [0.05, 0.1) is 29.5 Å². The van der Waals surface area contributed by atoms with Crippen LogP contribution in [0, 0.1) is 10.1 Å². The van der Waals surface area contributed by atoms with Gasteiger partial charge in [-0.05, 0) is 24.3 Å². The molecule has 0 aliphatic heterocycles. The van der Waals surface area contributed by atoms with Gasteiger partial charge in [-0.15, -0.1) is 0 Å². The van der Waals surface area contributed by atoms with Crippen LogP contribution in [-0.4, -0.2) is 33.7 Å². The van der Waals surface area contributed by atoms with Crippen LogP contribution in [0.25, 0.3) is 0 Å². The van der Waals surface area contributed by atoms with Crippen molar-refractivity contribution in [2.24, 2.45) is 0 Å². The van der Waals surface area contributed by atoms with Crippen LogP contribution < -0.4 is 20.3 Å². The summed E-state index contributed by atoms with van der Waals surface area (Å²) < 4.78 is 10.6. The number of ether oxygens (including phenoxy) is 2. The fourth-order valence-corrected chi connectivity index (χ4v) is 3.21. The van der Waals surface area contributed by atoms with Crippen LogP contribution in [0.2, 0.25) is 0 Å². The number of methoxy groups -OCH3 is 1. The number of carbonyl (C=O) groups is 1. The number of anilines is 1. The number of hydrogen-bond donors (Lipinski definition) is 2. The molecule has 0 radical (unpaired) electrons. The standard InChI is InChI=1S/C20H18N4O6S/c1-29-15-7-8-16(17(10-15)24(27)28)22-19(26)12-31-20-21-13(9-18(25)23-20)11-30-14-5-3-2-4-6-14/h2-10H,11-12H2,1H3,(H,22,26)(H,21,23,25). The van der Waals surface area contributed by atoms with Crippen molar-refractivity contribution in [3.05, 3.63) is 80.8 Å². The number of thioether (sulfide) groups is 1. The molecule has 0 atom stereocenters. The van der Waals surface area contributed by atoms with Gasteiger partial charge >= 0.3 is 0 Å². The van der Waals surface area contributed by atoms with Crippen molar-refractivity contribution in [1.82, 2.24) is 9.97 Å². The summed E-state index contributed by atoms with van der Waals surface area (Å²) in [7, 11) is 1.39. The Morgan fingerprint density at radius 1 is 1.19 bits per heavy atom. The number of hydrogen-bond acceptors (Lipinski definition) is 8. The maximum Gasteiger partial charge on any atom is 0.296 e. The van der Waals surface area contributed by atoms with Crippen molar-refractivity contribution < 1.29 is 19.2 Å². The zero-order valence-electron chi connectivity index (χ0n) is 16.4. The van der Waals surface area contributed by atoms with E-state index in [9.17, 15) is 19.7 Å². The lowest BCUT2D eigenvalue weighted by molar-refractivity contribution is -0.384. The Labute approximate surface area is 180 Å². The lowest BCUT2D eigenvalue weighted by atomic mass is 10.2. The molecule has 0 bridgehead atoms. The Morgan fingerprint density at radius 3 is 2.68 bits per heavy atom. The molecule has 11 heteroatoms. The maximum absolute atomic E-state index is 12.3. The van der Waals surface area contributed by atoms with Crippen LogP contribution >= 0.6 is 11.8 Å². The van der Waals surface area contributed by atoms with Gasteiger partial charge in [0.1, 0.15) is 23.8 Å². The molecule has 1 aromatic heterocycles. The van der Waals surface area contributed by atoms with Gasteiger partial charge in [-0.1, -0.05) is 30.0 Å². The molecule has 1 heterocycles. The number of nitrogens with zero attached hydrogens (tertiary/aromatic N) is 2. The number of nitro benzene ring substituents is 1. The molecule has 0 saturated heterocycles. The number of H-pyrrole nitrogens is 1. The van der Waals surface area contributed by atoms with E-state index < -0.39 is 10.8 Å². The zero-order valence-corrected chi connectivity index (χ0v) is 17.2. The third kappa shape index (κ3) is 6.31. The molecule has 3 aromatic rings. The van der Waals surface area contributed by atoms with Crippen molar-refractivity contribution in [2.75, 3.05) is 18.2 Å². The number of amides is 1. The summed E-state index contributed by atoms with van der Waals surface area (Å²) in [5.41, 5.74) is -0.219. The van der Waals surface area contributed by atoms with E-state index >= 15 is 0 Å². The van der Waals surface area contributed by atoms with E-state index in [1.54, 1.807) is 12.1 Å². The summed E-state index contributed by atoms with van der Waals surface area (Å²) in [5.74, 6) is 0.330. The molecular formula is C20H18N4O6S. The molecule has 10 nitrogen and oxygen atoms in total. The van der Waals surface area contributed by atoms with Crippen molar-refractivity contribution in [1.29, 1.82) is 0 Å². The lowest BCUT2D eigenvalue weighted by Gasteiger charge is -2.08. The molecule has 0 unspecified atom stereocenters. The van der Waals surface area contributed by atoms with E-state index in [1.807, 2.05) is 18.2 Å². The molecule has 0 fully saturated rings. The largest absolute Gasteiger partial charge is 0.496 e. The highest BCUT2D eigenvalue weighted by molar-refractivity contribution is 7.99. The first-order valence-electron chi connectivity index (χ1n) is 8.98. The van der Waals surface area contributed by atoms with Crippen molar-refractivity contribution in [3.63, 3.8) is 0 Å². The van der Waals surface area contributed by atoms with Gasteiger partial charge in [0.15, 0.2) is 5.16 Å². The van der Waals surface area contributed by atoms with Crippen LogP contribution in [0.4, 0.5) is 11.4 Å². The number of carbonyl (C=O) groups excluding carboxylic acids is 1. The Kier molecular flexibility index (Phi) is 7.22. The average Bonchev–Trinajstić information content (AvgIpc) is 2.77. The summed E-state index contributed by atoms with van der Waals surface area (Å²) >= 11 is 0.991. The number of benzene rings is 2. The highest BCUT2D eigenvalue weighted by Gasteiger charge is 2.17. The predicted octanol–water partition coefficient (Wildman–Crippen LogP) is 3.00. The molecule has 0 aliphatic rings. The molecule has 31 heavy (non-hydrogen) atoms. The summed E-state index contributed by atoms with van der Waals surface area (Å²) in [6.07, 6.45) is 0. The Balaban J connectivity index is 1.62. The molecule has 2 N–H and O–H groups in total. The van der Waals surface area contributed by atoms with Crippen molar-refractivity contribution in [2.45, 2.75) is 11.8 Å². The Hall–Kier alpha value is -3.86. The number of rotatable bonds is 9. The summed E-state index contributed by atoms with van der Waals surface area (Å²) in [5, 5.41) is 13.9. The van der Waals surface area contributed by atoms with E-state index in [0.717, 1.165) is 11.8 Å². The number of aromatic nitrogens is 2. The molecular weight excluding hydrogens is 424 g/mol. The molecule has 0 saturated carbocycles. The van der Waals surface area contributed by atoms with Gasteiger partial charge in [-0.25, -0.2) is 4.98 Å². The van der Waals surface area contributed by atoms with Crippen molar-refractivity contribution >= 4 is 29.0 Å². The predicted molar refractivity (Wildman–Crippen MR) is 115 cm³/mol. The number of aromatic amines is 1. The topological polar surface area (TPSA) is 136 Å². The maximum atomic E-state index is 12.3. The van der Waals surface area contributed by atoms with E-state index in [0.29, 0.717) is 17.2 Å². The minimum Gasteiger partial charge on any atom is -0.496 e. The highest BCUT2D eigenvalue weighted by atomic mass is 32.2. The average molecular weight is 442 g/mol. The van der Waals surface area contributed by atoms with Gasteiger partial charge in [0, 0.05) is 6.07 Å². The van der Waals surface area contributed by atoms with Gasteiger partial charge in [-0.2, -0.15) is 0 Å². The number of nitrogens with one attached hydrogen (secondary N) is 2. The van der Waals surface area contributed by atoms with Crippen LogP contribution in [0.5, 0.6) is 11.5 Å². The van der Waals surface area contributed by atoms with E-state index in [4.69, 9.17) is 9.47 Å². The second kappa shape index (κ2) is 10.3. The molecule has 2 aromatic carbocycles. The van der Waals surface area contributed by atoms with E-state index in [-0.39, 0.29) is 34.5 Å². The first-order chi connectivity index (χ1) is 14.9. The zero-order chi connectivity index (χ0) is 22.2. The summed E-state index contributed by atoms with van der Waals surface area (Å²) in [6.45, 7) is 0.0890. The third-order valence-corrected chi connectivity index (χ3v) is 4.79.